The molecule has 1 aromatic rings. The minimum Gasteiger partial charge on any atom is -0.300 e. The van der Waals surface area contributed by atoms with Crippen LogP contribution in [0.1, 0.15) is 11.3 Å². The normalized spacial score (nSPS) is 18.4. The fraction of sp³-hybridized carbons (Fsp3) is 0.583. The van der Waals surface area contributed by atoms with E-state index in [1.54, 1.807) is 0 Å². The average Bonchev–Trinajstić information content (AvgIpc) is 2.81. The van der Waals surface area contributed by atoms with Gasteiger partial charge in [0, 0.05) is 50.6 Å². The third kappa shape index (κ3) is 3.31. The fourth-order valence-electron chi connectivity index (χ4n) is 2.00. The molecule has 2 rings (SSSR count). The lowest BCUT2D eigenvalue weighted by Crippen LogP contribution is -2.45. The van der Waals surface area contributed by atoms with Gasteiger partial charge in [0.25, 0.3) is 0 Å². The molecule has 0 unspecified atom stereocenters. The van der Waals surface area contributed by atoms with Crippen molar-refractivity contribution in [2.45, 2.75) is 13.0 Å². The Hall–Kier alpha value is -0.890. The van der Waals surface area contributed by atoms with Gasteiger partial charge in [0.15, 0.2) is 0 Å². The summed E-state index contributed by atoms with van der Waals surface area (Å²) in [5.41, 5.74) is 0. The summed E-state index contributed by atoms with van der Waals surface area (Å²) in [4.78, 5) is 6.33. The van der Waals surface area contributed by atoms with E-state index in [0.29, 0.717) is 6.42 Å². The number of piperazine rings is 1. The number of hydrogen-bond acceptors (Lipinski definition) is 4. The van der Waals surface area contributed by atoms with Gasteiger partial charge < -0.3 is 0 Å². The lowest BCUT2D eigenvalue weighted by Gasteiger charge is -2.33. The Morgan fingerprint density at radius 3 is 2.62 bits per heavy atom. The van der Waals surface area contributed by atoms with Gasteiger partial charge in [-0.3, -0.25) is 9.80 Å². The van der Waals surface area contributed by atoms with Gasteiger partial charge in [-0.15, -0.1) is 11.3 Å². The van der Waals surface area contributed by atoms with Gasteiger partial charge in [-0.05, 0) is 11.4 Å². The predicted octanol–water partition coefficient (Wildman–Crippen LogP) is 1.78. The molecule has 2 heterocycles. The molecule has 0 N–H and O–H groups in total. The molecule has 0 spiro atoms. The van der Waals surface area contributed by atoms with Gasteiger partial charge in [-0.25, -0.2) is 0 Å². The highest BCUT2D eigenvalue weighted by molar-refractivity contribution is 7.09. The smallest absolute Gasteiger partial charge is 0.0635 e. The molecular weight excluding hydrogens is 218 g/mol. The van der Waals surface area contributed by atoms with E-state index in [0.717, 1.165) is 39.3 Å². The van der Waals surface area contributed by atoms with Crippen molar-refractivity contribution in [3.8, 4) is 6.07 Å². The van der Waals surface area contributed by atoms with E-state index < -0.39 is 0 Å². The van der Waals surface area contributed by atoms with Crippen LogP contribution in [0.25, 0.3) is 0 Å². The molecule has 0 aromatic carbocycles. The first-order valence-electron chi connectivity index (χ1n) is 5.72. The van der Waals surface area contributed by atoms with E-state index in [1.807, 2.05) is 11.3 Å². The van der Waals surface area contributed by atoms with Gasteiger partial charge in [-0.1, -0.05) is 6.07 Å². The van der Waals surface area contributed by atoms with Crippen LogP contribution in [0.5, 0.6) is 0 Å². The van der Waals surface area contributed by atoms with Crippen LogP contribution in [-0.4, -0.2) is 42.5 Å². The summed E-state index contributed by atoms with van der Waals surface area (Å²) >= 11 is 1.83. The highest BCUT2D eigenvalue weighted by atomic mass is 32.1. The maximum Gasteiger partial charge on any atom is 0.0635 e. The number of rotatable bonds is 4. The fourth-order valence-corrected chi connectivity index (χ4v) is 2.75. The van der Waals surface area contributed by atoms with Crippen molar-refractivity contribution in [2.75, 3.05) is 32.7 Å². The van der Waals surface area contributed by atoms with E-state index >= 15 is 0 Å². The van der Waals surface area contributed by atoms with Crippen molar-refractivity contribution < 1.29 is 0 Å². The van der Waals surface area contributed by atoms with Crippen LogP contribution in [-0.2, 0) is 6.54 Å². The minimum atomic E-state index is 0.658. The highest BCUT2D eigenvalue weighted by Crippen LogP contribution is 2.13. The van der Waals surface area contributed by atoms with E-state index in [4.69, 9.17) is 5.26 Å². The molecule has 0 aliphatic carbocycles. The van der Waals surface area contributed by atoms with Crippen LogP contribution in [0.15, 0.2) is 17.5 Å². The summed E-state index contributed by atoms with van der Waals surface area (Å²) in [6.07, 6.45) is 0.658. The Labute approximate surface area is 101 Å². The second-order valence-corrected chi connectivity index (χ2v) is 5.14. The standard InChI is InChI=1S/C12H17N3S/c13-4-2-5-14-6-8-15(9-7-14)11-12-3-1-10-16-12/h1,3,10H,2,5-9,11H2. The Kier molecular flexibility index (Phi) is 4.34. The van der Waals surface area contributed by atoms with Crippen LogP contribution in [0.3, 0.4) is 0 Å². The first-order chi connectivity index (χ1) is 7.88. The Morgan fingerprint density at radius 1 is 1.25 bits per heavy atom. The van der Waals surface area contributed by atoms with Crippen LogP contribution in [0, 0.1) is 11.3 Å². The van der Waals surface area contributed by atoms with Crippen LogP contribution < -0.4 is 0 Å². The number of nitrogens with zero attached hydrogens (tertiary/aromatic N) is 3. The second kappa shape index (κ2) is 6.00. The van der Waals surface area contributed by atoms with Crippen LogP contribution >= 0.6 is 11.3 Å². The summed E-state index contributed by atoms with van der Waals surface area (Å²) in [5, 5.41) is 10.7. The highest BCUT2D eigenvalue weighted by Gasteiger charge is 2.16. The van der Waals surface area contributed by atoms with Crippen molar-refractivity contribution in [2.24, 2.45) is 0 Å². The van der Waals surface area contributed by atoms with E-state index in [2.05, 4.69) is 33.4 Å². The molecule has 0 atom stereocenters. The molecule has 4 heteroatoms. The quantitative estimate of drug-likeness (QED) is 0.797. The summed E-state index contributed by atoms with van der Waals surface area (Å²) < 4.78 is 0. The molecule has 16 heavy (non-hydrogen) atoms. The van der Waals surface area contributed by atoms with Crippen molar-refractivity contribution in [1.29, 1.82) is 5.26 Å². The molecular formula is C12H17N3S. The Balaban J connectivity index is 1.71. The van der Waals surface area contributed by atoms with Gasteiger partial charge in [0.05, 0.1) is 6.07 Å². The topological polar surface area (TPSA) is 30.3 Å². The lowest BCUT2D eigenvalue weighted by atomic mass is 10.3. The maximum absolute atomic E-state index is 8.53. The average molecular weight is 235 g/mol. The molecule has 1 saturated heterocycles. The second-order valence-electron chi connectivity index (χ2n) is 4.11. The molecule has 0 radical (unpaired) electrons. The molecule has 0 saturated carbocycles. The van der Waals surface area contributed by atoms with E-state index in [1.165, 1.54) is 4.88 Å². The van der Waals surface area contributed by atoms with E-state index in [-0.39, 0.29) is 0 Å². The van der Waals surface area contributed by atoms with Crippen LogP contribution in [0.4, 0.5) is 0 Å². The van der Waals surface area contributed by atoms with Gasteiger partial charge >= 0.3 is 0 Å². The molecule has 0 amide bonds. The first-order valence-corrected chi connectivity index (χ1v) is 6.60. The molecule has 1 fully saturated rings. The summed E-state index contributed by atoms with van der Waals surface area (Å²) in [6.45, 7) is 6.49. The van der Waals surface area contributed by atoms with E-state index in [9.17, 15) is 0 Å². The number of nitriles is 1. The minimum absolute atomic E-state index is 0.658. The molecule has 1 aliphatic rings. The Morgan fingerprint density at radius 2 is 2.00 bits per heavy atom. The van der Waals surface area contributed by atoms with Gasteiger partial charge in [0.2, 0.25) is 0 Å². The molecule has 0 bridgehead atoms. The summed E-state index contributed by atoms with van der Waals surface area (Å²) in [6, 6.07) is 6.52. The Bertz CT molecular complexity index is 334. The van der Waals surface area contributed by atoms with Crippen molar-refractivity contribution in [3.05, 3.63) is 22.4 Å². The zero-order valence-corrected chi connectivity index (χ0v) is 10.2. The molecule has 86 valence electrons. The number of thiophene rings is 1. The zero-order valence-electron chi connectivity index (χ0n) is 9.43. The van der Waals surface area contributed by atoms with Crippen molar-refractivity contribution in [1.82, 2.24) is 9.80 Å². The third-order valence-electron chi connectivity index (χ3n) is 2.96. The lowest BCUT2D eigenvalue weighted by molar-refractivity contribution is 0.130. The molecule has 1 aliphatic heterocycles. The maximum atomic E-state index is 8.53. The SMILES string of the molecule is N#CCCN1CCN(Cc2cccs2)CC1. The first kappa shape index (κ1) is 11.6. The van der Waals surface area contributed by atoms with Crippen molar-refractivity contribution in [3.63, 3.8) is 0 Å². The van der Waals surface area contributed by atoms with Gasteiger partial charge in [-0.2, -0.15) is 5.26 Å². The van der Waals surface area contributed by atoms with Crippen molar-refractivity contribution >= 4 is 11.3 Å². The molecule has 3 nitrogen and oxygen atoms in total. The monoisotopic (exact) mass is 235 g/mol. The zero-order chi connectivity index (χ0) is 11.2. The van der Waals surface area contributed by atoms with Crippen LogP contribution in [0.2, 0.25) is 0 Å². The number of hydrogen-bond donors (Lipinski definition) is 0. The summed E-state index contributed by atoms with van der Waals surface area (Å²) in [5.74, 6) is 0. The predicted molar refractivity (Wildman–Crippen MR) is 66.3 cm³/mol. The van der Waals surface area contributed by atoms with Gasteiger partial charge in [0.1, 0.15) is 0 Å². The molecule has 1 aromatic heterocycles. The third-order valence-corrected chi connectivity index (χ3v) is 3.83. The largest absolute Gasteiger partial charge is 0.300 e. The summed E-state index contributed by atoms with van der Waals surface area (Å²) in [7, 11) is 0.